The normalized spacial score (nSPS) is 26.4. The van der Waals surface area contributed by atoms with Gasteiger partial charge in [0.25, 0.3) is 0 Å². The average molecular weight is 296 g/mol. The third-order valence-corrected chi connectivity index (χ3v) is 4.85. The van der Waals surface area contributed by atoms with Crippen molar-refractivity contribution in [3.8, 4) is 0 Å². The van der Waals surface area contributed by atoms with Gasteiger partial charge in [0.1, 0.15) is 6.33 Å². The summed E-state index contributed by atoms with van der Waals surface area (Å²) in [5.74, 6) is 0.292. The standard InChI is InChI=1S/C13H20N4O2S/c18-11-4-2-1-3-10(11)15-12(19)7-20-13-16-14-8-17(13)9-5-6-9/h8-11,18H,1-7H2,(H,15,19)/t10-,11-/m1/s1. The van der Waals surface area contributed by atoms with E-state index in [-0.39, 0.29) is 11.9 Å². The van der Waals surface area contributed by atoms with Crippen molar-refractivity contribution in [2.24, 2.45) is 0 Å². The molecular formula is C13H20N4O2S. The number of aliphatic hydroxyl groups excluding tert-OH is 1. The van der Waals surface area contributed by atoms with Gasteiger partial charge in [-0.3, -0.25) is 4.79 Å². The second-order valence-electron chi connectivity index (χ2n) is 5.57. The van der Waals surface area contributed by atoms with Crippen molar-refractivity contribution in [2.45, 2.75) is 61.9 Å². The van der Waals surface area contributed by atoms with Crippen LogP contribution in [0.4, 0.5) is 0 Å². The van der Waals surface area contributed by atoms with Gasteiger partial charge in [0, 0.05) is 6.04 Å². The van der Waals surface area contributed by atoms with Crippen LogP contribution in [0.1, 0.15) is 44.6 Å². The van der Waals surface area contributed by atoms with Gasteiger partial charge in [0.15, 0.2) is 5.16 Å². The molecule has 110 valence electrons. The Labute approximate surface area is 122 Å². The number of aliphatic hydroxyl groups is 1. The molecule has 1 aromatic rings. The fourth-order valence-electron chi connectivity index (χ4n) is 2.60. The first kappa shape index (κ1) is 13.9. The van der Waals surface area contributed by atoms with Crippen LogP contribution in [0, 0.1) is 0 Å². The number of hydrogen-bond donors (Lipinski definition) is 2. The van der Waals surface area contributed by atoms with E-state index in [4.69, 9.17) is 0 Å². The third-order valence-electron chi connectivity index (χ3n) is 3.89. The van der Waals surface area contributed by atoms with Crippen molar-refractivity contribution in [1.29, 1.82) is 0 Å². The van der Waals surface area contributed by atoms with Gasteiger partial charge in [-0.1, -0.05) is 24.6 Å². The summed E-state index contributed by atoms with van der Waals surface area (Å²) in [5.41, 5.74) is 0. The lowest BCUT2D eigenvalue weighted by atomic mass is 9.93. The Balaban J connectivity index is 1.47. The molecule has 0 spiro atoms. The van der Waals surface area contributed by atoms with Crippen LogP contribution in [-0.2, 0) is 4.79 Å². The number of amides is 1. The lowest BCUT2D eigenvalue weighted by molar-refractivity contribution is -0.120. The molecule has 6 nitrogen and oxygen atoms in total. The van der Waals surface area contributed by atoms with Crippen LogP contribution in [0.5, 0.6) is 0 Å². The van der Waals surface area contributed by atoms with Gasteiger partial charge < -0.3 is 15.0 Å². The van der Waals surface area contributed by atoms with E-state index in [1.165, 1.54) is 24.6 Å². The Morgan fingerprint density at radius 1 is 1.40 bits per heavy atom. The number of nitrogens with zero attached hydrogens (tertiary/aromatic N) is 3. The van der Waals surface area contributed by atoms with E-state index < -0.39 is 6.10 Å². The zero-order chi connectivity index (χ0) is 13.9. The predicted octanol–water partition coefficient (Wildman–Crippen LogP) is 1.12. The molecule has 1 amide bonds. The summed E-state index contributed by atoms with van der Waals surface area (Å²) in [6.07, 6.45) is 7.47. The summed E-state index contributed by atoms with van der Waals surface area (Å²) in [5, 5.41) is 21.6. The second kappa shape index (κ2) is 6.13. The summed E-state index contributed by atoms with van der Waals surface area (Å²) in [6.45, 7) is 0. The molecule has 2 atom stereocenters. The van der Waals surface area contributed by atoms with Gasteiger partial charge in [-0.2, -0.15) is 0 Å². The molecule has 2 N–H and O–H groups in total. The van der Waals surface area contributed by atoms with Crippen molar-refractivity contribution < 1.29 is 9.90 Å². The van der Waals surface area contributed by atoms with E-state index in [9.17, 15) is 9.90 Å². The summed E-state index contributed by atoms with van der Waals surface area (Å²) in [6, 6.07) is 0.439. The molecule has 3 rings (SSSR count). The fourth-order valence-corrected chi connectivity index (χ4v) is 3.39. The number of hydrogen-bond acceptors (Lipinski definition) is 5. The van der Waals surface area contributed by atoms with Gasteiger partial charge in [0.2, 0.25) is 5.91 Å². The minimum Gasteiger partial charge on any atom is -0.391 e. The average Bonchev–Trinajstić information content (AvgIpc) is 3.18. The Kier molecular flexibility index (Phi) is 4.26. The lowest BCUT2D eigenvalue weighted by Crippen LogP contribution is -2.45. The smallest absolute Gasteiger partial charge is 0.230 e. The monoisotopic (exact) mass is 296 g/mol. The van der Waals surface area contributed by atoms with E-state index in [1.807, 2.05) is 4.57 Å². The molecule has 1 aromatic heterocycles. The lowest BCUT2D eigenvalue weighted by Gasteiger charge is -2.28. The minimum absolute atomic E-state index is 0.0358. The van der Waals surface area contributed by atoms with Gasteiger partial charge in [-0.15, -0.1) is 10.2 Å². The van der Waals surface area contributed by atoms with Crippen LogP contribution in [-0.4, -0.2) is 43.7 Å². The summed E-state index contributed by atoms with van der Waals surface area (Å²) in [7, 11) is 0. The second-order valence-corrected chi connectivity index (χ2v) is 6.51. The van der Waals surface area contributed by atoms with Crippen LogP contribution in [0.2, 0.25) is 0 Å². The zero-order valence-electron chi connectivity index (χ0n) is 11.4. The van der Waals surface area contributed by atoms with Crippen LogP contribution in [0.3, 0.4) is 0 Å². The Morgan fingerprint density at radius 3 is 2.95 bits per heavy atom. The van der Waals surface area contributed by atoms with Crippen molar-refractivity contribution in [2.75, 3.05) is 5.75 Å². The molecule has 2 fully saturated rings. The maximum Gasteiger partial charge on any atom is 0.230 e. The highest BCUT2D eigenvalue weighted by Crippen LogP contribution is 2.37. The van der Waals surface area contributed by atoms with E-state index in [2.05, 4.69) is 15.5 Å². The number of thioether (sulfide) groups is 1. The zero-order valence-corrected chi connectivity index (χ0v) is 12.2. The molecule has 0 aromatic carbocycles. The number of nitrogens with one attached hydrogen (secondary N) is 1. The Hall–Kier alpha value is -1.08. The summed E-state index contributed by atoms with van der Waals surface area (Å²) >= 11 is 1.42. The van der Waals surface area contributed by atoms with E-state index in [1.54, 1.807) is 6.33 Å². The van der Waals surface area contributed by atoms with E-state index in [0.717, 1.165) is 30.8 Å². The number of carbonyl (C=O) groups is 1. The number of carbonyl (C=O) groups excluding carboxylic acids is 1. The summed E-state index contributed by atoms with van der Waals surface area (Å²) in [4.78, 5) is 11.9. The highest BCUT2D eigenvalue weighted by Gasteiger charge is 2.27. The van der Waals surface area contributed by atoms with Crippen LogP contribution < -0.4 is 5.32 Å². The first-order chi connectivity index (χ1) is 9.74. The molecule has 2 saturated carbocycles. The highest BCUT2D eigenvalue weighted by atomic mass is 32.2. The van der Waals surface area contributed by atoms with Crippen LogP contribution in [0.15, 0.2) is 11.5 Å². The van der Waals surface area contributed by atoms with Crippen molar-refractivity contribution in [3.63, 3.8) is 0 Å². The molecule has 0 radical (unpaired) electrons. The first-order valence-corrected chi connectivity index (χ1v) is 8.22. The predicted molar refractivity (Wildman–Crippen MR) is 75.4 cm³/mol. The molecule has 0 aliphatic heterocycles. The molecule has 2 aliphatic rings. The van der Waals surface area contributed by atoms with Crippen LogP contribution >= 0.6 is 11.8 Å². The van der Waals surface area contributed by atoms with Crippen LogP contribution in [0.25, 0.3) is 0 Å². The van der Waals surface area contributed by atoms with E-state index in [0.29, 0.717) is 11.8 Å². The Morgan fingerprint density at radius 2 is 2.20 bits per heavy atom. The maximum atomic E-state index is 11.9. The number of aromatic nitrogens is 3. The van der Waals surface area contributed by atoms with Crippen molar-refractivity contribution >= 4 is 17.7 Å². The van der Waals surface area contributed by atoms with Gasteiger partial charge in [-0.25, -0.2) is 0 Å². The van der Waals surface area contributed by atoms with Gasteiger partial charge in [-0.05, 0) is 25.7 Å². The molecule has 0 bridgehead atoms. The van der Waals surface area contributed by atoms with Gasteiger partial charge in [0.05, 0.1) is 17.9 Å². The quantitative estimate of drug-likeness (QED) is 0.796. The SMILES string of the molecule is O=C(CSc1nncn1C1CC1)N[C@@H]1CCCC[C@H]1O. The largest absolute Gasteiger partial charge is 0.391 e. The van der Waals surface area contributed by atoms with Crippen molar-refractivity contribution in [3.05, 3.63) is 6.33 Å². The Bertz CT molecular complexity index is 475. The van der Waals surface area contributed by atoms with Gasteiger partial charge >= 0.3 is 0 Å². The third kappa shape index (κ3) is 3.32. The summed E-state index contributed by atoms with van der Waals surface area (Å²) < 4.78 is 2.05. The number of rotatable bonds is 5. The molecule has 2 aliphatic carbocycles. The molecule has 20 heavy (non-hydrogen) atoms. The topological polar surface area (TPSA) is 80.0 Å². The van der Waals surface area contributed by atoms with Crippen molar-refractivity contribution in [1.82, 2.24) is 20.1 Å². The molecular weight excluding hydrogens is 276 g/mol. The first-order valence-electron chi connectivity index (χ1n) is 7.24. The molecule has 1 heterocycles. The minimum atomic E-state index is -0.396. The fraction of sp³-hybridized carbons (Fsp3) is 0.769. The molecule has 0 saturated heterocycles. The molecule has 7 heteroatoms. The molecule has 0 unspecified atom stereocenters. The van der Waals surface area contributed by atoms with E-state index >= 15 is 0 Å². The highest BCUT2D eigenvalue weighted by molar-refractivity contribution is 7.99. The maximum absolute atomic E-state index is 11.9.